The average molecular weight is 280 g/mol. The van der Waals surface area contributed by atoms with E-state index in [4.69, 9.17) is 4.52 Å². The van der Waals surface area contributed by atoms with Crippen LogP contribution in [0.3, 0.4) is 0 Å². The van der Waals surface area contributed by atoms with Gasteiger partial charge in [-0.3, -0.25) is 10.1 Å². The van der Waals surface area contributed by atoms with E-state index >= 15 is 0 Å². The fourth-order valence-electron chi connectivity index (χ4n) is 1.57. The van der Waals surface area contributed by atoms with Crippen molar-refractivity contribution in [3.8, 4) is 11.5 Å². The highest BCUT2D eigenvalue weighted by Gasteiger charge is 2.21. The molecular formula is C12H13FN4O3. The standard InChI is InChI=1S/C12H13FN4O3/c1-7(2)14-6-11-15-12(20-16-11)9-5-8(13)3-4-10(9)17(18)19/h3-5,7,14H,6H2,1-2H3. The smallest absolute Gasteiger partial charge is 0.282 e. The molecule has 20 heavy (non-hydrogen) atoms. The number of nitro benzene ring substituents is 1. The zero-order valence-corrected chi connectivity index (χ0v) is 11.0. The fraction of sp³-hybridized carbons (Fsp3) is 0.333. The number of rotatable bonds is 5. The second-order valence-electron chi connectivity index (χ2n) is 4.47. The third-order valence-corrected chi connectivity index (χ3v) is 2.52. The van der Waals surface area contributed by atoms with Gasteiger partial charge in [0, 0.05) is 12.1 Å². The van der Waals surface area contributed by atoms with Crippen LogP contribution in [0.2, 0.25) is 0 Å². The summed E-state index contributed by atoms with van der Waals surface area (Å²) in [5.41, 5.74) is -0.309. The predicted octanol–water partition coefficient (Wildman–Crippen LogP) is 2.28. The number of nitrogens with zero attached hydrogens (tertiary/aromatic N) is 3. The van der Waals surface area contributed by atoms with E-state index in [2.05, 4.69) is 15.5 Å². The highest BCUT2D eigenvalue weighted by molar-refractivity contribution is 5.66. The van der Waals surface area contributed by atoms with Crippen molar-refractivity contribution in [2.24, 2.45) is 0 Å². The molecule has 0 fully saturated rings. The summed E-state index contributed by atoms with van der Waals surface area (Å²) in [5.74, 6) is -0.324. The quantitative estimate of drug-likeness (QED) is 0.667. The molecule has 2 aromatic rings. The lowest BCUT2D eigenvalue weighted by Crippen LogP contribution is -2.22. The van der Waals surface area contributed by atoms with Crippen LogP contribution >= 0.6 is 0 Å². The molecule has 7 nitrogen and oxygen atoms in total. The van der Waals surface area contributed by atoms with Crippen molar-refractivity contribution >= 4 is 5.69 Å². The molecule has 0 spiro atoms. The Balaban J connectivity index is 2.32. The molecule has 0 bridgehead atoms. The van der Waals surface area contributed by atoms with Crippen molar-refractivity contribution in [1.82, 2.24) is 15.5 Å². The molecule has 0 unspecified atom stereocenters. The first-order chi connectivity index (χ1) is 9.47. The first-order valence-corrected chi connectivity index (χ1v) is 5.97. The van der Waals surface area contributed by atoms with E-state index < -0.39 is 10.7 Å². The number of nitro groups is 1. The molecule has 1 N–H and O–H groups in total. The Morgan fingerprint density at radius 1 is 1.50 bits per heavy atom. The summed E-state index contributed by atoms with van der Waals surface area (Å²) in [6.07, 6.45) is 0. The summed E-state index contributed by atoms with van der Waals surface area (Å²) >= 11 is 0. The molecule has 2 rings (SSSR count). The highest BCUT2D eigenvalue weighted by Crippen LogP contribution is 2.29. The molecule has 106 valence electrons. The van der Waals surface area contributed by atoms with Crippen LogP contribution in [0.4, 0.5) is 10.1 Å². The molecule has 0 aliphatic carbocycles. The minimum Gasteiger partial charge on any atom is -0.334 e. The number of hydrogen-bond acceptors (Lipinski definition) is 6. The van der Waals surface area contributed by atoms with E-state index in [0.717, 1.165) is 18.2 Å². The van der Waals surface area contributed by atoms with Crippen LogP contribution in [0.15, 0.2) is 22.7 Å². The lowest BCUT2D eigenvalue weighted by Gasteiger charge is -2.03. The van der Waals surface area contributed by atoms with Gasteiger partial charge in [-0.1, -0.05) is 19.0 Å². The van der Waals surface area contributed by atoms with Gasteiger partial charge >= 0.3 is 0 Å². The molecule has 0 amide bonds. The molecule has 0 saturated heterocycles. The van der Waals surface area contributed by atoms with Crippen molar-refractivity contribution in [2.45, 2.75) is 26.4 Å². The Morgan fingerprint density at radius 2 is 2.25 bits per heavy atom. The van der Waals surface area contributed by atoms with Gasteiger partial charge in [-0.2, -0.15) is 4.98 Å². The molecule has 0 radical (unpaired) electrons. The Kier molecular flexibility index (Phi) is 4.04. The van der Waals surface area contributed by atoms with Crippen LogP contribution in [0, 0.1) is 15.9 Å². The highest BCUT2D eigenvalue weighted by atomic mass is 19.1. The first kappa shape index (κ1) is 14.1. The Labute approximate surface area is 114 Å². The van der Waals surface area contributed by atoms with E-state index in [0.29, 0.717) is 12.4 Å². The Bertz CT molecular complexity index is 627. The van der Waals surface area contributed by atoms with Gasteiger partial charge in [0.1, 0.15) is 11.4 Å². The SMILES string of the molecule is CC(C)NCc1noc(-c2cc(F)ccc2[N+](=O)[O-])n1. The van der Waals surface area contributed by atoms with Gasteiger partial charge in [0.25, 0.3) is 11.6 Å². The number of halogens is 1. The summed E-state index contributed by atoms with van der Waals surface area (Å²) in [5, 5.41) is 17.7. The maximum Gasteiger partial charge on any atom is 0.282 e. The first-order valence-electron chi connectivity index (χ1n) is 5.97. The van der Waals surface area contributed by atoms with Crippen LogP contribution in [0.5, 0.6) is 0 Å². The number of aromatic nitrogens is 2. The molecular weight excluding hydrogens is 267 g/mol. The van der Waals surface area contributed by atoms with Crippen molar-refractivity contribution in [1.29, 1.82) is 0 Å². The van der Waals surface area contributed by atoms with Gasteiger partial charge in [-0.15, -0.1) is 0 Å². The maximum absolute atomic E-state index is 13.2. The molecule has 0 atom stereocenters. The van der Waals surface area contributed by atoms with Gasteiger partial charge < -0.3 is 9.84 Å². The van der Waals surface area contributed by atoms with Crippen LogP contribution in [0.25, 0.3) is 11.5 Å². The van der Waals surface area contributed by atoms with Crippen molar-refractivity contribution in [3.63, 3.8) is 0 Å². The van der Waals surface area contributed by atoms with E-state index in [1.165, 1.54) is 0 Å². The van der Waals surface area contributed by atoms with Crippen LogP contribution < -0.4 is 5.32 Å². The third kappa shape index (κ3) is 3.15. The number of hydrogen-bond donors (Lipinski definition) is 1. The van der Waals surface area contributed by atoms with E-state index in [1.54, 1.807) is 0 Å². The van der Waals surface area contributed by atoms with Gasteiger partial charge in [0.15, 0.2) is 5.82 Å². The van der Waals surface area contributed by atoms with Gasteiger partial charge in [0.05, 0.1) is 11.5 Å². The molecule has 0 aliphatic heterocycles. The van der Waals surface area contributed by atoms with Crippen LogP contribution in [0.1, 0.15) is 19.7 Å². The number of benzene rings is 1. The molecule has 1 aromatic heterocycles. The fourth-order valence-corrected chi connectivity index (χ4v) is 1.57. The van der Waals surface area contributed by atoms with Crippen LogP contribution in [-0.4, -0.2) is 21.1 Å². The monoisotopic (exact) mass is 280 g/mol. The topological polar surface area (TPSA) is 94.1 Å². The van der Waals surface area contributed by atoms with Crippen molar-refractivity contribution in [2.75, 3.05) is 0 Å². The lowest BCUT2D eigenvalue weighted by molar-refractivity contribution is -0.384. The second-order valence-corrected chi connectivity index (χ2v) is 4.47. The summed E-state index contributed by atoms with van der Waals surface area (Å²) in [4.78, 5) is 14.3. The van der Waals surface area contributed by atoms with E-state index in [9.17, 15) is 14.5 Å². The van der Waals surface area contributed by atoms with E-state index in [1.807, 2.05) is 13.8 Å². The molecule has 1 heterocycles. The lowest BCUT2D eigenvalue weighted by atomic mass is 10.2. The molecule has 1 aromatic carbocycles. The Hall–Kier alpha value is -2.35. The molecule has 0 aliphatic rings. The summed E-state index contributed by atoms with van der Waals surface area (Å²) < 4.78 is 18.2. The zero-order valence-electron chi connectivity index (χ0n) is 11.0. The molecule has 0 saturated carbocycles. The summed E-state index contributed by atoms with van der Waals surface area (Å²) in [7, 11) is 0. The third-order valence-electron chi connectivity index (χ3n) is 2.52. The normalized spacial score (nSPS) is 11.0. The van der Waals surface area contributed by atoms with Crippen molar-refractivity contribution in [3.05, 3.63) is 40.0 Å². The Morgan fingerprint density at radius 3 is 2.90 bits per heavy atom. The summed E-state index contributed by atoms with van der Waals surface area (Å²) in [6, 6.07) is 3.33. The summed E-state index contributed by atoms with van der Waals surface area (Å²) in [6.45, 7) is 4.28. The zero-order chi connectivity index (χ0) is 14.7. The van der Waals surface area contributed by atoms with Crippen LogP contribution in [-0.2, 0) is 6.54 Å². The van der Waals surface area contributed by atoms with Gasteiger partial charge in [-0.25, -0.2) is 4.39 Å². The molecule has 8 heteroatoms. The average Bonchev–Trinajstić information content (AvgIpc) is 2.84. The van der Waals surface area contributed by atoms with Crippen molar-refractivity contribution < 1.29 is 13.8 Å². The van der Waals surface area contributed by atoms with E-state index in [-0.39, 0.29) is 23.2 Å². The maximum atomic E-state index is 13.2. The minimum absolute atomic E-state index is 0.0294. The second kappa shape index (κ2) is 5.74. The number of nitrogens with one attached hydrogen (secondary N) is 1. The predicted molar refractivity (Wildman–Crippen MR) is 68.3 cm³/mol. The minimum atomic E-state index is -0.620. The largest absolute Gasteiger partial charge is 0.334 e. The van der Waals surface area contributed by atoms with Gasteiger partial charge in [-0.05, 0) is 12.1 Å². The van der Waals surface area contributed by atoms with Gasteiger partial charge in [0.2, 0.25) is 0 Å².